The fourth-order valence-electron chi connectivity index (χ4n) is 8.87. The van der Waals surface area contributed by atoms with Gasteiger partial charge < -0.3 is 9.47 Å². The van der Waals surface area contributed by atoms with E-state index in [2.05, 4.69) is 252 Å². The van der Waals surface area contributed by atoms with Gasteiger partial charge in [-0.3, -0.25) is 0 Å². The van der Waals surface area contributed by atoms with Crippen molar-refractivity contribution in [2.24, 2.45) is 0 Å². The van der Waals surface area contributed by atoms with Crippen molar-refractivity contribution < 1.29 is 0 Å². The Morgan fingerprint density at radius 3 is 1.47 bits per heavy atom. The van der Waals surface area contributed by atoms with Crippen molar-refractivity contribution >= 4 is 49.6 Å². The third kappa shape index (κ3) is 6.32. The Morgan fingerprint density at radius 1 is 0.283 bits per heavy atom. The molecule has 282 valence electrons. The predicted molar refractivity (Wildman–Crippen MR) is 255 cm³/mol. The molecule has 60 heavy (non-hydrogen) atoms. The van der Waals surface area contributed by atoms with Crippen molar-refractivity contribution in [3.05, 3.63) is 243 Å². The van der Waals surface area contributed by atoms with E-state index in [0.29, 0.717) is 0 Å². The minimum absolute atomic E-state index is 1.08. The molecule has 0 spiro atoms. The fraction of sp³-hybridized carbons (Fsp3) is 0. The van der Waals surface area contributed by atoms with Crippen LogP contribution in [0.2, 0.25) is 0 Å². The molecule has 0 N–H and O–H groups in total. The normalized spacial score (nSPS) is 11.3. The minimum atomic E-state index is 1.08. The molecule has 0 saturated heterocycles. The Labute approximate surface area is 350 Å². The first-order valence-electron chi connectivity index (χ1n) is 20.6. The lowest BCUT2D eigenvalue weighted by molar-refractivity contribution is 1.18. The lowest BCUT2D eigenvalue weighted by Gasteiger charge is -2.28. The van der Waals surface area contributed by atoms with Crippen LogP contribution in [0.3, 0.4) is 0 Å². The number of para-hydroxylation sites is 2. The van der Waals surface area contributed by atoms with Gasteiger partial charge in [-0.05, 0) is 98.8 Å². The molecule has 0 saturated carbocycles. The van der Waals surface area contributed by atoms with E-state index in [1.54, 1.807) is 0 Å². The zero-order valence-electron chi connectivity index (χ0n) is 33.0. The molecule has 0 aliphatic heterocycles. The highest BCUT2D eigenvalue weighted by Crippen LogP contribution is 2.45. The highest BCUT2D eigenvalue weighted by molar-refractivity contribution is 6.11. The summed E-state index contributed by atoms with van der Waals surface area (Å²) < 4.78 is 2.48. The summed E-state index contributed by atoms with van der Waals surface area (Å²) in [4.78, 5) is 2.42. The van der Waals surface area contributed by atoms with Crippen LogP contribution in [0.1, 0.15) is 0 Å². The summed E-state index contributed by atoms with van der Waals surface area (Å²) in [6, 6.07) is 88.0. The van der Waals surface area contributed by atoms with Crippen LogP contribution in [0.25, 0.3) is 82.8 Å². The number of fused-ring (bicyclic) bond motifs is 4. The van der Waals surface area contributed by atoms with Crippen molar-refractivity contribution in [1.82, 2.24) is 4.57 Å². The lowest BCUT2D eigenvalue weighted by Crippen LogP contribution is -2.11. The highest BCUT2D eigenvalue weighted by atomic mass is 15.1. The van der Waals surface area contributed by atoms with E-state index >= 15 is 0 Å². The molecule has 0 unspecified atom stereocenters. The van der Waals surface area contributed by atoms with E-state index in [0.717, 1.165) is 39.4 Å². The minimum Gasteiger partial charge on any atom is -0.310 e. The summed E-state index contributed by atoms with van der Waals surface area (Å²) in [5.74, 6) is 0. The summed E-state index contributed by atoms with van der Waals surface area (Å²) in [5.41, 5.74) is 16.2. The van der Waals surface area contributed by atoms with Gasteiger partial charge in [-0.25, -0.2) is 0 Å². The Bertz CT molecular complexity index is 3280. The van der Waals surface area contributed by atoms with E-state index in [-0.39, 0.29) is 0 Å². The molecule has 11 aromatic rings. The molecule has 10 aromatic carbocycles. The van der Waals surface area contributed by atoms with Crippen LogP contribution < -0.4 is 4.90 Å². The first-order valence-corrected chi connectivity index (χ1v) is 20.6. The van der Waals surface area contributed by atoms with Gasteiger partial charge in [0.15, 0.2) is 0 Å². The van der Waals surface area contributed by atoms with Crippen LogP contribution >= 0.6 is 0 Å². The van der Waals surface area contributed by atoms with E-state index in [1.165, 1.54) is 60.4 Å². The first kappa shape index (κ1) is 35.2. The number of rotatable bonds is 8. The number of hydrogen-bond acceptors (Lipinski definition) is 1. The van der Waals surface area contributed by atoms with Crippen molar-refractivity contribution in [2.45, 2.75) is 0 Å². The molecule has 0 aliphatic carbocycles. The molecule has 0 fully saturated rings. The van der Waals surface area contributed by atoms with E-state index in [9.17, 15) is 0 Å². The SMILES string of the molecule is c1ccc(-c2ccc(-c3ccc(N(c4ccccc4)c4ccc5c6ccccc6n(-c6cc7ccccc7cc6-c6ccccc6)c5c4)c(-c4ccccc4)c3)cc2)cc1. The Morgan fingerprint density at radius 2 is 0.783 bits per heavy atom. The molecule has 2 nitrogen and oxygen atoms in total. The second kappa shape index (κ2) is 15.1. The smallest absolute Gasteiger partial charge is 0.0562 e. The molecule has 1 heterocycles. The predicted octanol–water partition coefficient (Wildman–Crippen LogP) is 16.1. The molecule has 0 radical (unpaired) electrons. The van der Waals surface area contributed by atoms with Crippen LogP contribution in [-0.2, 0) is 0 Å². The maximum Gasteiger partial charge on any atom is 0.0562 e. The zero-order chi connectivity index (χ0) is 39.8. The summed E-state index contributed by atoms with van der Waals surface area (Å²) in [6.07, 6.45) is 0. The van der Waals surface area contributed by atoms with Gasteiger partial charge in [-0.15, -0.1) is 0 Å². The molecule has 2 heteroatoms. The van der Waals surface area contributed by atoms with E-state index < -0.39 is 0 Å². The molecule has 11 rings (SSSR count). The standard InChI is InChI=1S/C58H40N2/c1-5-17-41(18-6-1)42-29-31-43(32-30-42)48-33-36-56(53(38-48)44-19-7-2-8-20-44)59(49-25-11-4-12-26-49)50-34-35-52-51-27-15-16-28-55(51)60(58(52)40-50)57-39-47-24-14-13-23-46(47)37-54(57)45-21-9-3-10-22-45/h1-40H. The Kier molecular flexibility index (Phi) is 8.87. The molecule has 1 aromatic heterocycles. The molecule has 0 bridgehead atoms. The van der Waals surface area contributed by atoms with E-state index in [1.807, 2.05) is 0 Å². The van der Waals surface area contributed by atoms with Gasteiger partial charge in [-0.1, -0.05) is 188 Å². The van der Waals surface area contributed by atoms with Gasteiger partial charge in [0.25, 0.3) is 0 Å². The maximum absolute atomic E-state index is 2.48. The topological polar surface area (TPSA) is 8.17 Å². The van der Waals surface area contributed by atoms with Crippen LogP contribution in [-0.4, -0.2) is 4.57 Å². The maximum atomic E-state index is 2.48. The third-order valence-corrected chi connectivity index (χ3v) is 11.8. The summed E-state index contributed by atoms with van der Waals surface area (Å²) in [6.45, 7) is 0. The largest absolute Gasteiger partial charge is 0.310 e. The third-order valence-electron chi connectivity index (χ3n) is 11.8. The average Bonchev–Trinajstić information content (AvgIpc) is 3.66. The number of benzene rings is 10. The van der Waals surface area contributed by atoms with Gasteiger partial charge in [0.05, 0.1) is 22.4 Å². The Balaban J connectivity index is 1.13. The fourth-order valence-corrected chi connectivity index (χ4v) is 8.87. The number of nitrogens with zero attached hydrogens (tertiary/aromatic N) is 2. The summed E-state index contributed by atoms with van der Waals surface area (Å²) in [7, 11) is 0. The van der Waals surface area contributed by atoms with Crippen LogP contribution in [0, 0.1) is 0 Å². The van der Waals surface area contributed by atoms with Gasteiger partial charge in [0, 0.05) is 33.3 Å². The Hall–Kier alpha value is -7.94. The average molecular weight is 765 g/mol. The number of aromatic nitrogens is 1. The summed E-state index contributed by atoms with van der Waals surface area (Å²) in [5, 5.41) is 4.88. The van der Waals surface area contributed by atoms with Crippen molar-refractivity contribution in [2.75, 3.05) is 4.90 Å². The quantitative estimate of drug-likeness (QED) is 0.150. The highest BCUT2D eigenvalue weighted by Gasteiger charge is 2.22. The van der Waals surface area contributed by atoms with Crippen molar-refractivity contribution in [3.63, 3.8) is 0 Å². The van der Waals surface area contributed by atoms with E-state index in [4.69, 9.17) is 0 Å². The molecular formula is C58H40N2. The summed E-state index contributed by atoms with van der Waals surface area (Å²) >= 11 is 0. The van der Waals surface area contributed by atoms with Gasteiger partial charge >= 0.3 is 0 Å². The van der Waals surface area contributed by atoms with Gasteiger partial charge in [-0.2, -0.15) is 0 Å². The molecule has 0 aliphatic rings. The molecular weight excluding hydrogens is 725 g/mol. The zero-order valence-corrected chi connectivity index (χ0v) is 33.0. The number of anilines is 3. The number of hydrogen-bond donors (Lipinski definition) is 0. The van der Waals surface area contributed by atoms with Gasteiger partial charge in [0.2, 0.25) is 0 Å². The first-order chi connectivity index (χ1) is 29.8. The second-order valence-corrected chi connectivity index (χ2v) is 15.3. The van der Waals surface area contributed by atoms with Crippen molar-refractivity contribution in [3.8, 4) is 50.2 Å². The van der Waals surface area contributed by atoms with Gasteiger partial charge in [0.1, 0.15) is 0 Å². The lowest BCUT2D eigenvalue weighted by atomic mass is 9.95. The molecule has 0 amide bonds. The van der Waals surface area contributed by atoms with Crippen LogP contribution in [0.15, 0.2) is 243 Å². The van der Waals surface area contributed by atoms with Crippen LogP contribution in [0.5, 0.6) is 0 Å². The molecule has 0 atom stereocenters. The monoisotopic (exact) mass is 764 g/mol. The van der Waals surface area contributed by atoms with Crippen molar-refractivity contribution in [1.29, 1.82) is 0 Å². The van der Waals surface area contributed by atoms with Crippen LogP contribution in [0.4, 0.5) is 17.1 Å². The second-order valence-electron chi connectivity index (χ2n) is 15.3.